The molecule has 0 spiro atoms. The molecular weight excluding hydrogens is 302 g/mol. The van der Waals surface area contributed by atoms with Crippen molar-refractivity contribution < 1.29 is 9.21 Å². The van der Waals surface area contributed by atoms with Crippen molar-refractivity contribution in [3.8, 4) is 5.69 Å². The van der Waals surface area contributed by atoms with Crippen LogP contribution in [0.4, 0.5) is 0 Å². The number of hydrogen-bond donors (Lipinski definition) is 0. The van der Waals surface area contributed by atoms with Gasteiger partial charge in [0.2, 0.25) is 0 Å². The van der Waals surface area contributed by atoms with Gasteiger partial charge in [-0.2, -0.15) is 0 Å². The third-order valence-electron chi connectivity index (χ3n) is 3.66. The molecule has 5 nitrogen and oxygen atoms in total. The van der Waals surface area contributed by atoms with E-state index >= 15 is 0 Å². The van der Waals surface area contributed by atoms with Crippen LogP contribution in [-0.2, 0) is 5.41 Å². The molecule has 2 aromatic heterocycles. The molecule has 122 valence electrons. The van der Waals surface area contributed by atoms with Crippen LogP contribution in [0.25, 0.3) is 11.8 Å². The molecule has 24 heavy (non-hydrogen) atoms. The van der Waals surface area contributed by atoms with E-state index in [1.54, 1.807) is 47.5 Å². The molecule has 0 fully saturated rings. The first-order valence-electron chi connectivity index (χ1n) is 7.73. The van der Waals surface area contributed by atoms with E-state index < -0.39 is 0 Å². The molecule has 3 rings (SSSR count). The largest absolute Gasteiger partial charge is 0.465 e. The summed E-state index contributed by atoms with van der Waals surface area (Å²) in [5, 5.41) is 8.16. The van der Waals surface area contributed by atoms with Gasteiger partial charge in [0.05, 0.1) is 23.8 Å². The lowest BCUT2D eigenvalue weighted by Crippen LogP contribution is -2.17. The summed E-state index contributed by atoms with van der Waals surface area (Å²) in [5.41, 5.74) is 2.44. The van der Waals surface area contributed by atoms with Gasteiger partial charge in [-0.25, -0.2) is 4.68 Å². The number of carbonyl (C=O) groups excluding carboxylic acids is 1. The summed E-state index contributed by atoms with van der Waals surface area (Å²) < 4.78 is 6.97. The van der Waals surface area contributed by atoms with Gasteiger partial charge in [0.1, 0.15) is 5.76 Å². The van der Waals surface area contributed by atoms with Crippen molar-refractivity contribution in [1.29, 1.82) is 0 Å². The molecule has 0 radical (unpaired) electrons. The SMILES string of the molecule is CC(C)(C)c1cnnn1-c1ccc(C(=O)C=Cc2ccco2)cc1. The van der Waals surface area contributed by atoms with E-state index in [4.69, 9.17) is 4.42 Å². The van der Waals surface area contributed by atoms with Gasteiger partial charge in [-0.15, -0.1) is 5.10 Å². The van der Waals surface area contributed by atoms with Crippen LogP contribution < -0.4 is 0 Å². The number of ketones is 1. The lowest BCUT2D eigenvalue weighted by molar-refractivity contribution is 0.104. The second-order valence-corrected chi connectivity index (χ2v) is 6.54. The highest BCUT2D eigenvalue weighted by atomic mass is 16.3. The molecule has 0 bridgehead atoms. The molecular formula is C19H19N3O2. The first-order chi connectivity index (χ1) is 11.4. The molecule has 5 heteroatoms. The predicted octanol–water partition coefficient (Wildman–Crippen LogP) is 4.05. The number of rotatable bonds is 4. The van der Waals surface area contributed by atoms with Gasteiger partial charge in [-0.1, -0.05) is 26.0 Å². The molecule has 0 aliphatic heterocycles. The Bertz CT molecular complexity index is 851. The summed E-state index contributed by atoms with van der Waals surface area (Å²) >= 11 is 0. The zero-order valence-corrected chi connectivity index (χ0v) is 13.9. The highest BCUT2D eigenvalue weighted by Gasteiger charge is 2.20. The standard InChI is InChI=1S/C19H19N3O2/c1-19(2,3)18-13-20-21-22(18)15-8-6-14(7-9-15)17(23)11-10-16-5-4-12-24-16/h4-13H,1-3H3. The normalized spacial score (nSPS) is 12.0. The quantitative estimate of drug-likeness (QED) is 0.537. The Labute approximate surface area is 140 Å². The third kappa shape index (κ3) is 3.35. The minimum atomic E-state index is -0.0763. The average Bonchev–Trinajstić information content (AvgIpc) is 3.23. The zero-order chi connectivity index (χ0) is 17.2. The number of carbonyl (C=O) groups is 1. The van der Waals surface area contributed by atoms with Crippen molar-refractivity contribution in [2.45, 2.75) is 26.2 Å². The van der Waals surface area contributed by atoms with Gasteiger partial charge in [-0.3, -0.25) is 4.79 Å². The van der Waals surface area contributed by atoms with Gasteiger partial charge in [-0.05, 0) is 48.6 Å². The Morgan fingerprint density at radius 3 is 2.54 bits per heavy atom. The molecule has 0 aliphatic rings. The van der Waals surface area contributed by atoms with E-state index in [1.165, 1.54) is 6.08 Å². The van der Waals surface area contributed by atoms with Gasteiger partial charge < -0.3 is 4.42 Å². The van der Waals surface area contributed by atoms with Crippen LogP contribution >= 0.6 is 0 Å². The van der Waals surface area contributed by atoms with Crippen molar-refractivity contribution in [3.05, 3.63) is 72.0 Å². The van der Waals surface area contributed by atoms with E-state index in [2.05, 4.69) is 31.1 Å². The van der Waals surface area contributed by atoms with Crippen molar-refractivity contribution in [3.63, 3.8) is 0 Å². The second kappa shape index (κ2) is 6.28. The first-order valence-corrected chi connectivity index (χ1v) is 7.73. The fourth-order valence-electron chi connectivity index (χ4n) is 2.34. The van der Waals surface area contributed by atoms with Gasteiger partial charge in [0.25, 0.3) is 0 Å². The molecule has 0 saturated heterocycles. The molecule has 0 atom stereocenters. The molecule has 2 heterocycles. The monoisotopic (exact) mass is 321 g/mol. The second-order valence-electron chi connectivity index (χ2n) is 6.54. The van der Waals surface area contributed by atoms with Crippen molar-refractivity contribution >= 4 is 11.9 Å². The molecule has 0 N–H and O–H groups in total. The molecule has 0 aliphatic carbocycles. The van der Waals surface area contributed by atoms with Crippen LogP contribution in [0, 0.1) is 0 Å². The highest BCUT2D eigenvalue weighted by Crippen LogP contribution is 2.23. The lowest BCUT2D eigenvalue weighted by Gasteiger charge is -2.19. The smallest absolute Gasteiger partial charge is 0.185 e. The zero-order valence-electron chi connectivity index (χ0n) is 13.9. The maximum Gasteiger partial charge on any atom is 0.185 e. The Kier molecular flexibility index (Phi) is 4.16. The fourth-order valence-corrected chi connectivity index (χ4v) is 2.34. The number of benzene rings is 1. The maximum absolute atomic E-state index is 12.2. The Morgan fingerprint density at radius 1 is 1.17 bits per heavy atom. The Balaban J connectivity index is 1.81. The number of hydrogen-bond acceptors (Lipinski definition) is 4. The summed E-state index contributed by atoms with van der Waals surface area (Å²) in [7, 11) is 0. The van der Waals surface area contributed by atoms with Crippen molar-refractivity contribution in [2.24, 2.45) is 0 Å². The van der Waals surface area contributed by atoms with Crippen LogP contribution in [0.2, 0.25) is 0 Å². The summed E-state index contributed by atoms with van der Waals surface area (Å²) in [5.74, 6) is 0.574. The topological polar surface area (TPSA) is 60.9 Å². The summed E-state index contributed by atoms with van der Waals surface area (Å²) in [4.78, 5) is 12.2. The molecule has 0 saturated carbocycles. The van der Waals surface area contributed by atoms with Crippen LogP contribution in [0.5, 0.6) is 0 Å². The van der Waals surface area contributed by atoms with Gasteiger partial charge >= 0.3 is 0 Å². The molecule has 0 amide bonds. The summed E-state index contributed by atoms with van der Waals surface area (Å²) in [6.45, 7) is 6.33. The minimum absolute atomic E-state index is 0.0657. The van der Waals surface area contributed by atoms with E-state index in [0.717, 1.165) is 11.4 Å². The van der Waals surface area contributed by atoms with Crippen molar-refractivity contribution in [2.75, 3.05) is 0 Å². The van der Waals surface area contributed by atoms with E-state index in [9.17, 15) is 4.79 Å². The summed E-state index contributed by atoms with van der Waals surface area (Å²) in [6, 6.07) is 10.9. The van der Waals surface area contributed by atoms with Crippen LogP contribution in [0.15, 0.2) is 59.4 Å². The van der Waals surface area contributed by atoms with Crippen LogP contribution in [-0.4, -0.2) is 20.8 Å². The highest BCUT2D eigenvalue weighted by molar-refractivity contribution is 6.06. The number of allylic oxidation sites excluding steroid dienone is 1. The average molecular weight is 321 g/mol. The third-order valence-corrected chi connectivity index (χ3v) is 3.66. The first kappa shape index (κ1) is 15.9. The van der Waals surface area contributed by atoms with Crippen LogP contribution in [0.3, 0.4) is 0 Å². The van der Waals surface area contributed by atoms with Crippen molar-refractivity contribution in [1.82, 2.24) is 15.0 Å². The Morgan fingerprint density at radius 2 is 1.92 bits per heavy atom. The molecule has 0 unspecified atom stereocenters. The number of aromatic nitrogens is 3. The number of nitrogens with zero attached hydrogens (tertiary/aromatic N) is 3. The van der Waals surface area contributed by atoms with E-state index in [0.29, 0.717) is 11.3 Å². The maximum atomic E-state index is 12.2. The Hall–Kier alpha value is -2.95. The van der Waals surface area contributed by atoms with Gasteiger partial charge in [0, 0.05) is 11.0 Å². The predicted molar refractivity (Wildman–Crippen MR) is 92.1 cm³/mol. The fraction of sp³-hybridized carbons (Fsp3) is 0.211. The van der Waals surface area contributed by atoms with Crippen LogP contribution in [0.1, 0.15) is 42.6 Å². The molecule has 1 aromatic carbocycles. The summed E-state index contributed by atoms with van der Waals surface area (Å²) in [6.07, 6.45) is 6.50. The van der Waals surface area contributed by atoms with E-state index in [1.807, 2.05) is 12.1 Å². The lowest BCUT2D eigenvalue weighted by atomic mass is 9.92. The van der Waals surface area contributed by atoms with Gasteiger partial charge in [0.15, 0.2) is 5.78 Å². The minimum Gasteiger partial charge on any atom is -0.465 e. The number of furan rings is 1. The molecule has 3 aromatic rings. The van der Waals surface area contributed by atoms with E-state index in [-0.39, 0.29) is 11.2 Å².